The predicted octanol–water partition coefficient (Wildman–Crippen LogP) is 2.13. The first kappa shape index (κ1) is 21.4. The minimum atomic E-state index is -0.113. The minimum Gasteiger partial charge on any atom is -0.491 e. The van der Waals surface area contributed by atoms with Crippen LogP contribution in [-0.4, -0.2) is 55.5 Å². The Labute approximate surface area is 183 Å². The highest BCUT2D eigenvalue weighted by Gasteiger charge is 2.58. The second-order valence-electron chi connectivity index (χ2n) is 8.48. The monoisotopic (exact) mass is 424 g/mol. The number of guanidine groups is 1. The first-order chi connectivity index (χ1) is 15.1. The smallest absolute Gasteiger partial charge is 0.233 e. The van der Waals surface area contributed by atoms with Gasteiger partial charge in [-0.3, -0.25) is 19.5 Å². The number of allylic oxidation sites excluding steroid dienone is 2. The van der Waals surface area contributed by atoms with Crippen LogP contribution in [0, 0.1) is 30.6 Å². The SMILES string of the molecule is CCNC(=NCCCN1C(=O)C2C3C=CC(C3)C2C1=O)NCCOc1ccccc1C. The lowest BCUT2D eigenvalue weighted by Gasteiger charge is -2.17. The molecular formula is C24H32N4O3. The summed E-state index contributed by atoms with van der Waals surface area (Å²) in [6, 6.07) is 7.95. The number of nitrogens with one attached hydrogen (secondary N) is 2. The summed E-state index contributed by atoms with van der Waals surface area (Å²) in [5, 5.41) is 6.49. The molecule has 4 rings (SSSR count). The van der Waals surface area contributed by atoms with Gasteiger partial charge in [0.1, 0.15) is 12.4 Å². The molecule has 166 valence electrons. The Morgan fingerprint density at radius 3 is 2.52 bits per heavy atom. The van der Waals surface area contributed by atoms with Crippen LogP contribution in [0.2, 0.25) is 0 Å². The summed E-state index contributed by atoms with van der Waals surface area (Å²) in [7, 11) is 0. The maximum atomic E-state index is 12.7. The third kappa shape index (κ3) is 4.45. The van der Waals surface area contributed by atoms with Crippen molar-refractivity contribution in [3.63, 3.8) is 0 Å². The zero-order valence-electron chi connectivity index (χ0n) is 18.3. The van der Waals surface area contributed by atoms with E-state index in [2.05, 4.69) is 27.8 Å². The van der Waals surface area contributed by atoms with Gasteiger partial charge in [0.15, 0.2) is 5.96 Å². The maximum absolute atomic E-state index is 12.7. The normalized spacial score (nSPS) is 26.5. The summed E-state index contributed by atoms with van der Waals surface area (Å²) in [5.74, 6) is 1.95. The van der Waals surface area contributed by atoms with Crippen molar-refractivity contribution in [3.05, 3.63) is 42.0 Å². The molecule has 31 heavy (non-hydrogen) atoms. The van der Waals surface area contributed by atoms with Crippen LogP contribution >= 0.6 is 0 Å². The number of para-hydroxylation sites is 1. The molecule has 2 amide bonds. The summed E-state index contributed by atoms with van der Waals surface area (Å²) in [4.78, 5) is 31.5. The van der Waals surface area contributed by atoms with Gasteiger partial charge in [-0.05, 0) is 50.2 Å². The number of rotatable bonds is 9. The zero-order chi connectivity index (χ0) is 21.8. The molecule has 0 aromatic heterocycles. The molecule has 7 heteroatoms. The molecule has 1 saturated heterocycles. The molecule has 1 aromatic rings. The summed E-state index contributed by atoms with van der Waals surface area (Å²) >= 11 is 0. The van der Waals surface area contributed by atoms with Crippen LogP contribution in [0.15, 0.2) is 41.4 Å². The fourth-order valence-electron chi connectivity index (χ4n) is 4.99. The second kappa shape index (κ2) is 9.54. The van der Waals surface area contributed by atoms with Crippen molar-refractivity contribution in [3.8, 4) is 5.75 Å². The Bertz CT molecular complexity index is 851. The molecule has 7 nitrogen and oxygen atoms in total. The van der Waals surface area contributed by atoms with Gasteiger partial charge in [-0.1, -0.05) is 30.4 Å². The molecule has 1 saturated carbocycles. The van der Waals surface area contributed by atoms with Crippen LogP contribution in [0.5, 0.6) is 5.75 Å². The lowest BCUT2D eigenvalue weighted by atomic mass is 9.85. The minimum absolute atomic E-state index is 0.0224. The van der Waals surface area contributed by atoms with Crippen molar-refractivity contribution in [2.45, 2.75) is 26.7 Å². The molecule has 4 atom stereocenters. The fraction of sp³-hybridized carbons (Fsp3) is 0.542. The summed E-state index contributed by atoms with van der Waals surface area (Å²) in [6.07, 6.45) is 5.89. The van der Waals surface area contributed by atoms with E-state index in [1.54, 1.807) is 0 Å². The number of imide groups is 1. The molecule has 1 heterocycles. The van der Waals surface area contributed by atoms with Crippen LogP contribution in [0.4, 0.5) is 0 Å². The number of fused-ring (bicyclic) bond motifs is 5. The molecule has 4 unspecified atom stereocenters. The van der Waals surface area contributed by atoms with Crippen LogP contribution < -0.4 is 15.4 Å². The highest BCUT2D eigenvalue weighted by atomic mass is 16.5. The lowest BCUT2D eigenvalue weighted by molar-refractivity contribution is -0.140. The number of benzene rings is 1. The van der Waals surface area contributed by atoms with Crippen LogP contribution in [0.3, 0.4) is 0 Å². The zero-order valence-corrected chi connectivity index (χ0v) is 18.3. The molecule has 0 radical (unpaired) electrons. The summed E-state index contributed by atoms with van der Waals surface area (Å²) in [5.41, 5.74) is 1.11. The Balaban J connectivity index is 1.21. The highest BCUT2D eigenvalue weighted by molar-refractivity contribution is 6.06. The fourth-order valence-corrected chi connectivity index (χ4v) is 4.99. The average Bonchev–Trinajstić information content (AvgIpc) is 3.44. The van der Waals surface area contributed by atoms with Gasteiger partial charge in [0.2, 0.25) is 11.8 Å². The van der Waals surface area contributed by atoms with E-state index in [1.807, 2.05) is 38.1 Å². The number of amides is 2. The third-order valence-corrected chi connectivity index (χ3v) is 6.46. The van der Waals surface area contributed by atoms with E-state index in [4.69, 9.17) is 4.74 Å². The van der Waals surface area contributed by atoms with Gasteiger partial charge < -0.3 is 15.4 Å². The second-order valence-corrected chi connectivity index (χ2v) is 8.48. The number of aryl methyl sites for hydroxylation is 1. The summed E-state index contributed by atoms with van der Waals surface area (Å²) < 4.78 is 5.81. The maximum Gasteiger partial charge on any atom is 0.233 e. The Morgan fingerprint density at radius 1 is 1.13 bits per heavy atom. The van der Waals surface area contributed by atoms with Crippen molar-refractivity contribution >= 4 is 17.8 Å². The average molecular weight is 425 g/mol. The van der Waals surface area contributed by atoms with Crippen molar-refractivity contribution in [1.29, 1.82) is 0 Å². The first-order valence-electron chi connectivity index (χ1n) is 11.3. The Kier molecular flexibility index (Phi) is 6.59. The third-order valence-electron chi connectivity index (χ3n) is 6.46. The summed E-state index contributed by atoms with van der Waals surface area (Å²) in [6.45, 7) is 6.96. The molecule has 2 fully saturated rings. The topological polar surface area (TPSA) is 83.0 Å². The molecule has 2 aliphatic carbocycles. The number of likely N-dealkylation sites (tertiary alicyclic amines) is 1. The van der Waals surface area contributed by atoms with Crippen LogP contribution in [0.1, 0.15) is 25.3 Å². The van der Waals surface area contributed by atoms with Gasteiger partial charge in [0.25, 0.3) is 0 Å². The van der Waals surface area contributed by atoms with E-state index in [0.717, 1.165) is 24.3 Å². The largest absolute Gasteiger partial charge is 0.491 e. The van der Waals surface area contributed by atoms with Crippen molar-refractivity contribution < 1.29 is 14.3 Å². The number of carbonyl (C=O) groups excluding carboxylic acids is 2. The van der Waals surface area contributed by atoms with Gasteiger partial charge in [-0.2, -0.15) is 0 Å². The first-order valence-corrected chi connectivity index (χ1v) is 11.3. The molecule has 2 N–H and O–H groups in total. The van der Waals surface area contributed by atoms with Gasteiger partial charge >= 0.3 is 0 Å². The van der Waals surface area contributed by atoms with Gasteiger partial charge in [0.05, 0.1) is 18.4 Å². The van der Waals surface area contributed by atoms with Crippen LogP contribution in [0.25, 0.3) is 0 Å². The predicted molar refractivity (Wildman–Crippen MR) is 120 cm³/mol. The molecule has 3 aliphatic rings. The highest BCUT2D eigenvalue weighted by Crippen LogP contribution is 2.52. The number of hydrogen-bond donors (Lipinski definition) is 2. The van der Waals surface area contributed by atoms with Gasteiger partial charge in [-0.15, -0.1) is 0 Å². The van der Waals surface area contributed by atoms with E-state index >= 15 is 0 Å². The molecular weight excluding hydrogens is 392 g/mol. The Morgan fingerprint density at radius 2 is 1.84 bits per heavy atom. The lowest BCUT2D eigenvalue weighted by Crippen LogP contribution is -2.39. The number of aliphatic imine (C=N–C) groups is 1. The van der Waals surface area contributed by atoms with E-state index in [-0.39, 0.29) is 35.5 Å². The number of carbonyl (C=O) groups is 2. The van der Waals surface area contributed by atoms with E-state index in [1.165, 1.54) is 4.90 Å². The van der Waals surface area contributed by atoms with Gasteiger partial charge in [0, 0.05) is 19.6 Å². The van der Waals surface area contributed by atoms with Crippen molar-refractivity contribution in [2.24, 2.45) is 28.7 Å². The van der Waals surface area contributed by atoms with Crippen LogP contribution in [-0.2, 0) is 9.59 Å². The quantitative estimate of drug-likeness (QED) is 0.209. The van der Waals surface area contributed by atoms with E-state index < -0.39 is 0 Å². The van der Waals surface area contributed by atoms with Crippen molar-refractivity contribution in [2.75, 3.05) is 32.8 Å². The number of nitrogens with zero attached hydrogens (tertiary/aromatic N) is 2. The van der Waals surface area contributed by atoms with E-state index in [9.17, 15) is 9.59 Å². The Hall–Kier alpha value is -2.83. The number of hydrogen-bond acceptors (Lipinski definition) is 4. The molecule has 1 aliphatic heterocycles. The number of ether oxygens (including phenoxy) is 1. The standard InChI is InChI=1S/C24H32N4O3/c1-3-25-24(27-12-14-31-19-8-5-4-7-16(19)2)26-11-6-13-28-22(29)20-17-9-10-18(15-17)21(20)23(28)30/h4-5,7-10,17-18,20-21H,3,6,11-15H2,1-2H3,(H2,25,26,27). The van der Waals surface area contributed by atoms with Crippen molar-refractivity contribution in [1.82, 2.24) is 15.5 Å². The molecule has 0 spiro atoms. The van der Waals surface area contributed by atoms with E-state index in [0.29, 0.717) is 38.6 Å². The molecule has 1 aromatic carbocycles. The molecule has 2 bridgehead atoms. The van der Waals surface area contributed by atoms with Gasteiger partial charge in [-0.25, -0.2) is 0 Å².